The maximum absolute atomic E-state index is 11.8. The van der Waals surface area contributed by atoms with E-state index in [9.17, 15) is 14.9 Å². The summed E-state index contributed by atoms with van der Waals surface area (Å²) in [7, 11) is 1.71. The van der Waals surface area contributed by atoms with Crippen molar-refractivity contribution in [3.05, 3.63) is 40.2 Å². The first kappa shape index (κ1) is 16.4. The summed E-state index contributed by atoms with van der Waals surface area (Å²) in [4.78, 5) is 22.8. The van der Waals surface area contributed by atoms with Crippen molar-refractivity contribution in [2.24, 2.45) is 7.05 Å². The molecule has 0 spiro atoms. The number of nitrogens with zero attached hydrogens (tertiary/aromatic N) is 5. The molecule has 0 N–H and O–H groups in total. The Bertz CT molecular complexity index is 798. The molecule has 0 bridgehead atoms. The van der Waals surface area contributed by atoms with Gasteiger partial charge >= 0.3 is 5.97 Å². The minimum Gasteiger partial charge on any atom is -0.444 e. The summed E-state index contributed by atoms with van der Waals surface area (Å²) in [5, 5.41) is 27.9. The van der Waals surface area contributed by atoms with Gasteiger partial charge in [-0.05, 0) is 30.8 Å². The van der Waals surface area contributed by atoms with Crippen LogP contribution in [0.1, 0.15) is 17.3 Å². The Kier molecular flexibility index (Phi) is 4.92. The van der Waals surface area contributed by atoms with Crippen molar-refractivity contribution in [3.63, 3.8) is 0 Å². The number of carbonyl (C=O) groups excluding carboxylic acids is 1. The lowest BCUT2D eigenvalue weighted by molar-refractivity contribution is -0.387. The number of rotatable bonds is 5. The van der Waals surface area contributed by atoms with E-state index in [4.69, 9.17) is 10.00 Å². The maximum atomic E-state index is 11.8. The van der Waals surface area contributed by atoms with Crippen LogP contribution in [0.5, 0.6) is 0 Å². The average molecular weight is 333 g/mol. The molecule has 1 aromatic carbocycles. The van der Waals surface area contributed by atoms with Gasteiger partial charge in [0, 0.05) is 13.1 Å². The van der Waals surface area contributed by atoms with Crippen LogP contribution in [0.25, 0.3) is 0 Å². The molecule has 0 fully saturated rings. The van der Waals surface area contributed by atoms with E-state index in [2.05, 4.69) is 10.2 Å². The van der Waals surface area contributed by atoms with Crippen LogP contribution >= 0.6 is 11.8 Å². The van der Waals surface area contributed by atoms with Gasteiger partial charge in [-0.2, -0.15) is 5.26 Å². The third-order valence-electron chi connectivity index (χ3n) is 2.73. The number of nitro groups is 1. The number of ether oxygens (including phenoxy) is 1. The van der Waals surface area contributed by atoms with E-state index in [1.54, 1.807) is 17.7 Å². The van der Waals surface area contributed by atoms with Gasteiger partial charge in [0.2, 0.25) is 0 Å². The molecule has 2 aromatic rings. The van der Waals surface area contributed by atoms with Gasteiger partial charge in [-0.15, -0.1) is 10.2 Å². The molecule has 0 aliphatic carbocycles. The van der Waals surface area contributed by atoms with Crippen LogP contribution in [-0.2, 0) is 11.8 Å². The molecular weight excluding hydrogens is 322 g/mol. The minimum absolute atomic E-state index is 0.00103. The van der Waals surface area contributed by atoms with E-state index in [1.165, 1.54) is 25.4 Å². The molecule has 0 saturated carbocycles. The zero-order chi connectivity index (χ0) is 17.0. The Hall–Kier alpha value is -2.93. The summed E-state index contributed by atoms with van der Waals surface area (Å²) in [5.74, 6) is -0.794. The number of nitro benzene ring substituents is 1. The summed E-state index contributed by atoms with van der Waals surface area (Å²) in [6.07, 6.45) is 0.539. The summed E-state index contributed by atoms with van der Waals surface area (Å²) in [5.41, 5.74) is -0.252. The van der Waals surface area contributed by atoms with Crippen LogP contribution in [0.4, 0.5) is 5.69 Å². The molecule has 0 saturated heterocycles. The van der Waals surface area contributed by atoms with Crippen molar-refractivity contribution >= 4 is 23.4 Å². The summed E-state index contributed by atoms with van der Waals surface area (Å²) < 4.78 is 6.45. The van der Waals surface area contributed by atoms with Crippen LogP contribution in [0.2, 0.25) is 0 Å². The Morgan fingerprint density at radius 1 is 1.57 bits per heavy atom. The standard InChI is InChI=1S/C13H11N5O4S/c1-8(6-14)22-12(19)9-3-4-11(10(5-9)18(20)21)23-13-16-15-7-17(13)2/h3-5,7-8H,1-2H3/t8-/m1/s1. The number of aromatic nitrogens is 3. The number of carbonyl (C=O) groups is 1. The van der Waals surface area contributed by atoms with Crippen molar-refractivity contribution in [1.29, 1.82) is 5.26 Å². The first-order valence-corrected chi connectivity index (χ1v) is 7.15. The summed E-state index contributed by atoms with van der Waals surface area (Å²) in [6, 6.07) is 5.70. The quantitative estimate of drug-likeness (QED) is 0.462. The highest BCUT2D eigenvalue weighted by molar-refractivity contribution is 7.99. The highest BCUT2D eigenvalue weighted by Crippen LogP contribution is 2.34. The Morgan fingerprint density at radius 3 is 2.87 bits per heavy atom. The van der Waals surface area contributed by atoms with Crippen molar-refractivity contribution in [2.75, 3.05) is 0 Å². The molecule has 0 unspecified atom stereocenters. The number of hydrogen-bond acceptors (Lipinski definition) is 8. The molecule has 23 heavy (non-hydrogen) atoms. The van der Waals surface area contributed by atoms with Crippen molar-refractivity contribution in [3.8, 4) is 6.07 Å². The largest absolute Gasteiger partial charge is 0.444 e. The lowest BCUT2D eigenvalue weighted by Gasteiger charge is -2.07. The second kappa shape index (κ2) is 6.89. The van der Waals surface area contributed by atoms with Gasteiger partial charge in [0.15, 0.2) is 11.3 Å². The molecule has 1 atom stereocenters. The molecule has 118 valence electrons. The van der Waals surface area contributed by atoms with E-state index in [1.807, 2.05) is 0 Å². The summed E-state index contributed by atoms with van der Waals surface area (Å²) in [6.45, 7) is 1.41. The molecule has 1 aromatic heterocycles. The molecule has 0 aliphatic heterocycles. The average Bonchev–Trinajstić information content (AvgIpc) is 2.92. The molecule has 9 nitrogen and oxygen atoms in total. The van der Waals surface area contributed by atoms with Crippen molar-refractivity contribution in [1.82, 2.24) is 14.8 Å². The first-order valence-electron chi connectivity index (χ1n) is 6.33. The Morgan fingerprint density at radius 2 is 2.30 bits per heavy atom. The van der Waals surface area contributed by atoms with Gasteiger partial charge in [0.05, 0.1) is 15.4 Å². The van der Waals surface area contributed by atoms with Gasteiger partial charge in [-0.3, -0.25) is 10.1 Å². The topological polar surface area (TPSA) is 124 Å². The van der Waals surface area contributed by atoms with E-state index in [-0.39, 0.29) is 11.3 Å². The molecule has 0 aliphatic rings. The van der Waals surface area contributed by atoms with E-state index < -0.39 is 17.0 Å². The minimum atomic E-state index is -0.936. The lowest BCUT2D eigenvalue weighted by Crippen LogP contribution is -2.13. The third kappa shape index (κ3) is 3.83. The van der Waals surface area contributed by atoms with Gasteiger partial charge in [-0.1, -0.05) is 0 Å². The normalized spacial score (nSPS) is 11.5. The molecule has 1 heterocycles. The van der Waals surface area contributed by atoms with E-state index >= 15 is 0 Å². The van der Waals surface area contributed by atoms with Crippen LogP contribution in [0, 0.1) is 21.4 Å². The number of hydrogen-bond donors (Lipinski definition) is 0. The lowest BCUT2D eigenvalue weighted by atomic mass is 10.2. The van der Waals surface area contributed by atoms with Crippen molar-refractivity contribution < 1.29 is 14.5 Å². The fourth-order valence-corrected chi connectivity index (χ4v) is 2.44. The number of aryl methyl sites for hydroxylation is 1. The van der Waals surface area contributed by atoms with Crippen LogP contribution in [0.15, 0.2) is 34.6 Å². The third-order valence-corrected chi connectivity index (χ3v) is 3.85. The maximum Gasteiger partial charge on any atom is 0.339 e. The predicted molar refractivity (Wildman–Crippen MR) is 78.7 cm³/mol. The highest BCUT2D eigenvalue weighted by Gasteiger charge is 2.21. The Labute approximate surface area is 135 Å². The first-order chi connectivity index (χ1) is 10.9. The molecule has 0 amide bonds. The van der Waals surface area contributed by atoms with Crippen LogP contribution in [0.3, 0.4) is 0 Å². The van der Waals surface area contributed by atoms with Gasteiger partial charge < -0.3 is 9.30 Å². The fourth-order valence-electron chi connectivity index (χ4n) is 1.59. The predicted octanol–water partition coefficient (Wildman–Crippen LogP) is 1.94. The van der Waals surface area contributed by atoms with E-state index in [0.29, 0.717) is 10.1 Å². The van der Waals surface area contributed by atoms with Gasteiger partial charge in [0.25, 0.3) is 5.69 Å². The number of benzene rings is 1. The molecular formula is C13H11N5O4S. The second-order valence-corrected chi connectivity index (χ2v) is 5.45. The van der Waals surface area contributed by atoms with Gasteiger partial charge in [-0.25, -0.2) is 4.79 Å². The number of nitriles is 1. The summed E-state index contributed by atoms with van der Waals surface area (Å²) >= 11 is 1.06. The van der Waals surface area contributed by atoms with Crippen LogP contribution < -0.4 is 0 Å². The van der Waals surface area contributed by atoms with E-state index in [0.717, 1.165) is 17.8 Å². The van der Waals surface area contributed by atoms with Gasteiger partial charge in [0.1, 0.15) is 12.4 Å². The number of esters is 1. The Balaban J connectivity index is 2.32. The zero-order valence-corrected chi connectivity index (χ0v) is 13.0. The zero-order valence-electron chi connectivity index (χ0n) is 12.2. The highest BCUT2D eigenvalue weighted by atomic mass is 32.2. The smallest absolute Gasteiger partial charge is 0.339 e. The molecule has 2 rings (SSSR count). The monoisotopic (exact) mass is 333 g/mol. The fraction of sp³-hybridized carbons (Fsp3) is 0.231. The molecule has 0 radical (unpaired) electrons. The van der Waals surface area contributed by atoms with Crippen LogP contribution in [-0.4, -0.2) is 31.8 Å². The van der Waals surface area contributed by atoms with Crippen molar-refractivity contribution in [2.45, 2.75) is 23.1 Å². The second-order valence-electron chi connectivity index (χ2n) is 4.44. The SMILES string of the molecule is C[C@H](C#N)OC(=O)c1ccc(Sc2nncn2C)c([N+](=O)[O-])c1. The molecule has 10 heteroatoms.